The Kier molecular flexibility index (Phi) is 6.41. The highest BCUT2D eigenvalue weighted by atomic mass is 16.6. The number of hydrogen-bond acceptors (Lipinski definition) is 4. The number of carbonyl (C=O) groups excluding carboxylic acids is 3. The molecule has 2 aromatic rings. The fraction of sp³-hybridized carbons (Fsp3) is 0.286. The third-order valence-electron chi connectivity index (χ3n) is 3.53. The largest absolute Gasteiger partial charge is 0.444 e. The number of benzene rings is 2. The summed E-state index contributed by atoms with van der Waals surface area (Å²) in [6.45, 7) is 8.62. The first-order valence-electron chi connectivity index (χ1n) is 8.83. The Bertz CT molecular complexity index is 884. The molecular formula is C21H25N3O4. The Morgan fingerprint density at radius 3 is 2.07 bits per heavy atom. The smallest absolute Gasteiger partial charge is 0.412 e. The van der Waals surface area contributed by atoms with Crippen molar-refractivity contribution in [3.05, 3.63) is 53.6 Å². The van der Waals surface area contributed by atoms with Crippen molar-refractivity contribution in [2.24, 2.45) is 0 Å². The average Bonchev–Trinajstić information content (AvgIpc) is 2.55. The first kappa shape index (κ1) is 21.0. The van der Waals surface area contributed by atoms with Crippen LogP contribution in [0.5, 0.6) is 0 Å². The van der Waals surface area contributed by atoms with E-state index in [2.05, 4.69) is 16.0 Å². The second-order valence-electron chi connectivity index (χ2n) is 7.39. The van der Waals surface area contributed by atoms with Crippen LogP contribution in [0.2, 0.25) is 0 Å². The van der Waals surface area contributed by atoms with Crippen LogP contribution in [0, 0.1) is 6.92 Å². The minimum Gasteiger partial charge on any atom is -0.444 e. The van der Waals surface area contributed by atoms with Crippen molar-refractivity contribution in [2.75, 3.05) is 16.0 Å². The van der Waals surface area contributed by atoms with E-state index in [0.29, 0.717) is 22.6 Å². The van der Waals surface area contributed by atoms with Crippen LogP contribution < -0.4 is 16.0 Å². The summed E-state index contributed by atoms with van der Waals surface area (Å²) in [5, 5.41) is 8.10. The quantitative estimate of drug-likeness (QED) is 0.721. The van der Waals surface area contributed by atoms with E-state index in [9.17, 15) is 14.4 Å². The third-order valence-corrected chi connectivity index (χ3v) is 3.53. The molecule has 0 aromatic heterocycles. The molecule has 3 amide bonds. The maximum Gasteiger partial charge on any atom is 0.412 e. The van der Waals surface area contributed by atoms with Crippen LogP contribution in [-0.4, -0.2) is 23.5 Å². The zero-order valence-electron chi connectivity index (χ0n) is 16.7. The second kappa shape index (κ2) is 8.56. The van der Waals surface area contributed by atoms with Gasteiger partial charge in [0.05, 0.1) is 11.4 Å². The van der Waals surface area contributed by atoms with Crippen LogP contribution in [0.4, 0.5) is 21.9 Å². The van der Waals surface area contributed by atoms with Gasteiger partial charge in [0.2, 0.25) is 5.91 Å². The van der Waals surface area contributed by atoms with Crippen LogP contribution in [0.1, 0.15) is 43.6 Å². The molecule has 148 valence electrons. The average molecular weight is 383 g/mol. The molecule has 0 unspecified atom stereocenters. The van der Waals surface area contributed by atoms with Crippen molar-refractivity contribution in [3.8, 4) is 0 Å². The van der Waals surface area contributed by atoms with Crippen LogP contribution in [0.25, 0.3) is 0 Å². The van der Waals surface area contributed by atoms with Crippen molar-refractivity contribution in [2.45, 2.75) is 40.2 Å². The number of hydrogen-bond donors (Lipinski definition) is 3. The molecule has 0 aliphatic rings. The van der Waals surface area contributed by atoms with Crippen LogP contribution >= 0.6 is 0 Å². The summed E-state index contributed by atoms with van der Waals surface area (Å²) in [5.41, 5.74) is 2.20. The zero-order valence-corrected chi connectivity index (χ0v) is 16.7. The van der Waals surface area contributed by atoms with Crippen molar-refractivity contribution in [1.29, 1.82) is 0 Å². The van der Waals surface area contributed by atoms with E-state index in [0.717, 1.165) is 5.56 Å². The van der Waals surface area contributed by atoms with E-state index in [1.54, 1.807) is 57.2 Å². The number of carbonyl (C=O) groups is 3. The Morgan fingerprint density at radius 1 is 0.857 bits per heavy atom. The minimum absolute atomic E-state index is 0.185. The monoisotopic (exact) mass is 383 g/mol. The fourth-order valence-corrected chi connectivity index (χ4v) is 2.39. The Morgan fingerprint density at radius 2 is 1.50 bits per heavy atom. The number of rotatable bonds is 4. The van der Waals surface area contributed by atoms with Crippen LogP contribution in [0.15, 0.2) is 42.5 Å². The van der Waals surface area contributed by atoms with E-state index in [1.807, 2.05) is 13.0 Å². The van der Waals surface area contributed by atoms with Crippen molar-refractivity contribution < 1.29 is 19.1 Å². The maximum absolute atomic E-state index is 12.6. The molecule has 7 heteroatoms. The molecule has 0 saturated carbocycles. The van der Waals surface area contributed by atoms with E-state index in [1.165, 1.54) is 6.92 Å². The number of ether oxygens (including phenoxy) is 1. The first-order chi connectivity index (χ1) is 13.0. The van der Waals surface area contributed by atoms with E-state index < -0.39 is 11.7 Å². The number of anilines is 3. The zero-order chi connectivity index (χ0) is 20.9. The lowest BCUT2D eigenvalue weighted by Crippen LogP contribution is -2.27. The molecule has 0 aliphatic carbocycles. The maximum atomic E-state index is 12.6. The molecule has 0 bridgehead atoms. The molecular weight excluding hydrogens is 358 g/mol. The summed E-state index contributed by atoms with van der Waals surface area (Å²) >= 11 is 0. The van der Waals surface area contributed by atoms with Gasteiger partial charge in [-0.15, -0.1) is 0 Å². The highest BCUT2D eigenvalue weighted by Crippen LogP contribution is 2.25. The molecule has 3 N–H and O–H groups in total. The summed E-state index contributed by atoms with van der Waals surface area (Å²) < 4.78 is 5.26. The van der Waals surface area contributed by atoms with Gasteiger partial charge in [0.25, 0.3) is 5.91 Å². The highest BCUT2D eigenvalue weighted by Gasteiger charge is 2.18. The van der Waals surface area contributed by atoms with Crippen LogP contribution in [0.3, 0.4) is 0 Å². The van der Waals surface area contributed by atoms with Crippen molar-refractivity contribution in [1.82, 2.24) is 0 Å². The van der Waals surface area contributed by atoms with Crippen molar-refractivity contribution in [3.63, 3.8) is 0 Å². The topological polar surface area (TPSA) is 96.5 Å². The number of nitrogens with one attached hydrogen (secondary N) is 3. The SMILES string of the molecule is CC(=O)Nc1ccc(C(=O)Nc2cc(C)ccc2NC(=O)OC(C)(C)C)cc1. The molecule has 0 aliphatic heterocycles. The summed E-state index contributed by atoms with van der Waals surface area (Å²) in [4.78, 5) is 35.7. The van der Waals surface area contributed by atoms with Gasteiger partial charge >= 0.3 is 6.09 Å². The summed E-state index contributed by atoms with van der Waals surface area (Å²) in [6.07, 6.45) is -0.605. The molecule has 2 aromatic carbocycles. The van der Waals surface area contributed by atoms with E-state index >= 15 is 0 Å². The molecule has 2 rings (SSSR count). The third kappa shape index (κ3) is 6.42. The highest BCUT2D eigenvalue weighted by molar-refractivity contribution is 6.07. The number of amides is 3. The molecule has 0 atom stereocenters. The molecule has 0 spiro atoms. The predicted octanol–water partition coefficient (Wildman–Crippen LogP) is 4.55. The standard InChI is InChI=1S/C21H25N3O4/c1-13-6-11-17(24-20(27)28-21(3,4)5)18(12-13)23-19(26)15-7-9-16(10-8-15)22-14(2)25/h6-12H,1-5H3,(H,22,25)(H,23,26)(H,24,27). The molecule has 28 heavy (non-hydrogen) atoms. The van der Waals surface area contributed by atoms with Gasteiger partial charge in [-0.2, -0.15) is 0 Å². The van der Waals surface area contributed by atoms with Gasteiger partial charge < -0.3 is 15.4 Å². The summed E-state index contributed by atoms with van der Waals surface area (Å²) in [7, 11) is 0. The molecule has 7 nitrogen and oxygen atoms in total. The van der Waals surface area contributed by atoms with Gasteiger partial charge in [0.1, 0.15) is 5.60 Å². The second-order valence-corrected chi connectivity index (χ2v) is 7.39. The lowest BCUT2D eigenvalue weighted by Gasteiger charge is -2.20. The Balaban J connectivity index is 2.16. The molecule has 0 radical (unpaired) electrons. The Hall–Kier alpha value is -3.35. The van der Waals surface area contributed by atoms with Gasteiger partial charge in [-0.3, -0.25) is 14.9 Å². The molecule has 0 heterocycles. The van der Waals surface area contributed by atoms with E-state index in [-0.39, 0.29) is 11.8 Å². The summed E-state index contributed by atoms with van der Waals surface area (Å²) in [6, 6.07) is 11.8. The van der Waals surface area contributed by atoms with E-state index in [4.69, 9.17) is 4.74 Å². The van der Waals surface area contributed by atoms with Gasteiger partial charge in [-0.25, -0.2) is 4.79 Å². The van der Waals surface area contributed by atoms with Gasteiger partial charge in [-0.1, -0.05) is 6.07 Å². The van der Waals surface area contributed by atoms with Crippen LogP contribution in [-0.2, 0) is 9.53 Å². The van der Waals surface area contributed by atoms with Gasteiger partial charge in [-0.05, 0) is 69.7 Å². The lowest BCUT2D eigenvalue weighted by molar-refractivity contribution is -0.114. The Labute approximate surface area is 164 Å². The minimum atomic E-state index is -0.631. The normalized spacial score (nSPS) is 10.8. The van der Waals surface area contributed by atoms with Crippen molar-refractivity contribution >= 4 is 35.0 Å². The first-order valence-corrected chi connectivity index (χ1v) is 8.83. The molecule has 0 fully saturated rings. The van der Waals surface area contributed by atoms with Gasteiger partial charge in [0, 0.05) is 18.2 Å². The lowest BCUT2D eigenvalue weighted by atomic mass is 10.1. The molecule has 0 saturated heterocycles. The van der Waals surface area contributed by atoms with Gasteiger partial charge in [0.15, 0.2) is 0 Å². The summed E-state index contributed by atoms with van der Waals surface area (Å²) in [5.74, 6) is -0.526. The number of aryl methyl sites for hydroxylation is 1. The fourth-order valence-electron chi connectivity index (χ4n) is 2.39. The predicted molar refractivity (Wildman–Crippen MR) is 110 cm³/mol.